The Morgan fingerprint density at radius 1 is 1.07 bits per heavy atom. The molecule has 4 nitrogen and oxygen atoms in total. The standard InChI is InChI=1S/C21H14ClFN2O2/c22-18-12-14(13-24)6-11-19(18)27-20(15-4-2-1-3-5-15)21(26)25-17-9-7-16(23)8-10-17/h1-12,20H,(H,25,26)/t20-/m0/s1. The van der Waals surface area contributed by atoms with Crippen LogP contribution in [-0.2, 0) is 4.79 Å². The van der Waals surface area contributed by atoms with E-state index in [1.807, 2.05) is 12.1 Å². The third-order valence-corrected chi connectivity index (χ3v) is 4.05. The number of carbonyl (C=O) groups excluding carboxylic acids is 1. The molecule has 3 rings (SSSR count). The van der Waals surface area contributed by atoms with E-state index in [4.69, 9.17) is 21.6 Å². The van der Waals surface area contributed by atoms with Gasteiger partial charge in [-0.15, -0.1) is 0 Å². The van der Waals surface area contributed by atoms with Crippen LogP contribution >= 0.6 is 11.6 Å². The summed E-state index contributed by atoms with van der Waals surface area (Å²) >= 11 is 6.17. The van der Waals surface area contributed by atoms with Gasteiger partial charge in [-0.3, -0.25) is 4.79 Å². The molecule has 3 aromatic carbocycles. The van der Waals surface area contributed by atoms with Crippen molar-refractivity contribution in [3.8, 4) is 11.8 Å². The predicted octanol–water partition coefficient (Wildman–Crippen LogP) is 5.11. The van der Waals surface area contributed by atoms with Gasteiger partial charge in [-0.05, 0) is 42.5 Å². The lowest BCUT2D eigenvalue weighted by Crippen LogP contribution is -2.25. The van der Waals surface area contributed by atoms with Gasteiger partial charge in [-0.2, -0.15) is 5.26 Å². The average Bonchev–Trinajstić information content (AvgIpc) is 2.69. The molecule has 1 atom stereocenters. The minimum absolute atomic E-state index is 0.226. The van der Waals surface area contributed by atoms with Crippen LogP contribution in [0.5, 0.6) is 5.75 Å². The molecule has 0 spiro atoms. The van der Waals surface area contributed by atoms with E-state index in [1.165, 1.54) is 30.3 Å². The fourth-order valence-corrected chi connectivity index (χ4v) is 2.66. The van der Waals surface area contributed by atoms with E-state index in [1.54, 1.807) is 36.4 Å². The van der Waals surface area contributed by atoms with E-state index in [0.29, 0.717) is 16.8 Å². The first-order valence-electron chi connectivity index (χ1n) is 8.04. The minimum Gasteiger partial charge on any atom is -0.474 e. The van der Waals surface area contributed by atoms with E-state index < -0.39 is 17.8 Å². The molecule has 0 unspecified atom stereocenters. The Morgan fingerprint density at radius 2 is 1.78 bits per heavy atom. The first kappa shape index (κ1) is 18.4. The summed E-state index contributed by atoms with van der Waals surface area (Å²) in [6.45, 7) is 0. The van der Waals surface area contributed by atoms with Crippen LogP contribution in [0.15, 0.2) is 72.8 Å². The highest BCUT2D eigenvalue weighted by atomic mass is 35.5. The fourth-order valence-electron chi connectivity index (χ4n) is 2.43. The van der Waals surface area contributed by atoms with Gasteiger partial charge in [0.2, 0.25) is 6.10 Å². The number of halogens is 2. The summed E-state index contributed by atoms with van der Waals surface area (Å²) in [7, 11) is 0. The van der Waals surface area contributed by atoms with E-state index >= 15 is 0 Å². The van der Waals surface area contributed by atoms with Crippen molar-refractivity contribution in [3.63, 3.8) is 0 Å². The van der Waals surface area contributed by atoms with Gasteiger partial charge < -0.3 is 10.1 Å². The number of benzene rings is 3. The molecular formula is C21H14ClFN2O2. The van der Waals surface area contributed by atoms with Crippen molar-refractivity contribution in [1.82, 2.24) is 0 Å². The summed E-state index contributed by atoms with van der Waals surface area (Å²) in [6, 6.07) is 20.9. The second-order valence-corrected chi connectivity index (χ2v) is 6.07. The Kier molecular flexibility index (Phi) is 5.70. The Bertz CT molecular complexity index is 985. The van der Waals surface area contributed by atoms with Crippen LogP contribution in [0.4, 0.5) is 10.1 Å². The van der Waals surface area contributed by atoms with Crippen molar-refractivity contribution >= 4 is 23.2 Å². The van der Waals surface area contributed by atoms with Gasteiger partial charge in [0.05, 0.1) is 16.7 Å². The van der Waals surface area contributed by atoms with Crippen LogP contribution in [0.1, 0.15) is 17.2 Å². The fraction of sp³-hybridized carbons (Fsp3) is 0.0476. The number of anilines is 1. The predicted molar refractivity (Wildman–Crippen MR) is 101 cm³/mol. The van der Waals surface area contributed by atoms with Gasteiger partial charge >= 0.3 is 0 Å². The molecule has 0 fully saturated rings. The number of hydrogen-bond donors (Lipinski definition) is 1. The van der Waals surface area contributed by atoms with Gasteiger partial charge in [0.1, 0.15) is 11.6 Å². The molecule has 134 valence electrons. The number of nitrogens with one attached hydrogen (secondary N) is 1. The van der Waals surface area contributed by atoms with Crippen molar-refractivity contribution in [1.29, 1.82) is 5.26 Å². The zero-order chi connectivity index (χ0) is 19.2. The summed E-state index contributed by atoms with van der Waals surface area (Å²) in [5.74, 6) is -0.555. The first-order valence-corrected chi connectivity index (χ1v) is 8.42. The molecule has 0 heterocycles. The van der Waals surface area contributed by atoms with Gasteiger partial charge in [-0.25, -0.2) is 4.39 Å². The van der Waals surface area contributed by atoms with Crippen molar-refractivity contribution in [2.75, 3.05) is 5.32 Å². The molecule has 0 aliphatic rings. The summed E-state index contributed by atoms with van der Waals surface area (Å²) in [6.07, 6.45) is -0.985. The van der Waals surface area contributed by atoms with Crippen LogP contribution in [0.3, 0.4) is 0 Å². The maximum absolute atomic E-state index is 13.1. The molecule has 3 aromatic rings. The third kappa shape index (κ3) is 4.63. The number of nitriles is 1. The first-order chi connectivity index (χ1) is 13.1. The third-order valence-electron chi connectivity index (χ3n) is 3.76. The maximum Gasteiger partial charge on any atom is 0.270 e. The van der Waals surface area contributed by atoms with Crippen LogP contribution in [0.2, 0.25) is 5.02 Å². The number of hydrogen-bond acceptors (Lipinski definition) is 3. The number of amides is 1. The molecule has 6 heteroatoms. The summed E-state index contributed by atoms with van der Waals surface area (Å²) in [4.78, 5) is 12.8. The highest BCUT2D eigenvalue weighted by Gasteiger charge is 2.24. The molecular weight excluding hydrogens is 367 g/mol. The number of ether oxygens (including phenoxy) is 1. The van der Waals surface area contributed by atoms with Crippen LogP contribution in [0, 0.1) is 17.1 Å². The largest absolute Gasteiger partial charge is 0.474 e. The summed E-state index contributed by atoms with van der Waals surface area (Å²) in [5.41, 5.74) is 1.45. The zero-order valence-corrected chi connectivity index (χ0v) is 14.8. The van der Waals surface area contributed by atoms with Gasteiger partial charge in [0.15, 0.2) is 0 Å². The smallest absolute Gasteiger partial charge is 0.270 e. The number of carbonyl (C=O) groups is 1. The van der Waals surface area contributed by atoms with Gasteiger partial charge in [-0.1, -0.05) is 41.9 Å². The Hall–Kier alpha value is -3.36. The maximum atomic E-state index is 13.1. The van der Waals surface area contributed by atoms with Crippen LogP contribution < -0.4 is 10.1 Å². The van der Waals surface area contributed by atoms with Gasteiger partial charge in [0.25, 0.3) is 5.91 Å². The molecule has 0 radical (unpaired) electrons. The lowest BCUT2D eigenvalue weighted by Gasteiger charge is -2.20. The normalized spacial score (nSPS) is 11.3. The van der Waals surface area contributed by atoms with E-state index in [9.17, 15) is 9.18 Å². The lowest BCUT2D eigenvalue weighted by atomic mass is 10.1. The molecule has 0 bridgehead atoms. The van der Waals surface area contributed by atoms with Crippen LogP contribution in [-0.4, -0.2) is 5.91 Å². The summed E-state index contributed by atoms with van der Waals surface area (Å²) in [5, 5.41) is 11.9. The van der Waals surface area contributed by atoms with E-state index in [-0.39, 0.29) is 10.8 Å². The Balaban J connectivity index is 1.88. The Labute approximate surface area is 160 Å². The van der Waals surface area contributed by atoms with Crippen molar-refractivity contribution in [2.24, 2.45) is 0 Å². The lowest BCUT2D eigenvalue weighted by molar-refractivity contribution is -0.123. The molecule has 0 aliphatic carbocycles. The van der Waals surface area contributed by atoms with Crippen molar-refractivity contribution in [3.05, 3.63) is 94.8 Å². The second-order valence-electron chi connectivity index (χ2n) is 5.66. The minimum atomic E-state index is -0.985. The highest BCUT2D eigenvalue weighted by molar-refractivity contribution is 6.32. The monoisotopic (exact) mass is 380 g/mol. The van der Waals surface area contributed by atoms with Crippen molar-refractivity contribution in [2.45, 2.75) is 6.10 Å². The number of rotatable bonds is 5. The van der Waals surface area contributed by atoms with E-state index in [0.717, 1.165) is 0 Å². The topological polar surface area (TPSA) is 62.1 Å². The van der Waals surface area contributed by atoms with Gasteiger partial charge in [0, 0.05) is 11.3 Å². The zero-order valence-electron chi connectivity index (χ0n) is 14.0. The SMILES string of the molecule is N#Cc1ccc(O[C@H](C(=O)Nc2ccc(F)cc2)c2ccccc2)c(Cl)c1. The van der Waals surface area contributed by atoms with Crippen LogP contribution in [0.25, 0.3) is 0 Å². The summed E-state index contributed by atoms with van der Waals surface area (Å²) < 4.78 is 18.9. The average molecular weight is 381 g/mol. The molecule has 0 saturated heterocycles. The molecule has 0 aromatic heterocycles. The number of nitrogens with zero attached hydrogens (tertiary/aromatic N) is 1. The second kappa shape index (κ2) is 8.35. The molecule has 1 amide bonds. The molecule has 1 N–H and O–H groups in total. The highest BCUT2D eigenvalue weighted by Crippen LogP contribution is 2.30. The molecule has 0 aliphatic heterocycles. The van der Waals surface area contributed by atoms with Crippen molar-refractivity contribution < 1.29 is 13.9 Å². The molecule has 0 saturated carbocycles. The van der Waals surface area contributed by atoms with E-state index in [2.05, 4.69) is 5.32 Å². The Morgan fingerprint density at radius 3 is 2.41 bits per heavy atom. The molecule has 27 heavy (non-hydrogen) atoms. The quantitative estimate of drug-likeness (QED) is 0.669.